The molecule has 0 bridgehead atoms. The molecule has 0 aromatic heterocycles. The summed E-state index contributed by atoms with van der Waals surface area (Å²) in [7, 11) is 1.59. The van der Waals surface area contributed by atoms with Crippen molar-refractivity contribution in [2.45, 2.75) is 31.3 Å². The number of halogens is 1. The largest absolute Gasteiger partial charge is 0.497 e. The second-order valence-electron chi connectivity index (χ2n) is 7.04. The Hall–Kier alpha value is -3.09. The van der Waals surface area contributed by atoms with E-state index in [2.05, 4.69) is 16.0 Å². The summed E-state index contributed by atoms with van der Waals surface area (Å²) in [5, 5.41) is 8.29. The molecule has 27 heavy (non-hydrogen) atoms. The van der Waals surface area contributed by atoms with Crippen LogP contribution < -0.4 is 20.7 Å². The minimum Gasteiger partial charge on any atom is -0.497 e. The van der Waals surface area contributed by atoms with Crippen LogP contribution in [0.3, 0.4) is 0 Å². The van der Waals surface area contributed by atoms with Crippen LogP contribution in [0.5, 0.6) is 5.75 Å². The van der Waals surface area contributed by atoms with Crippen LogP contribution in [0.4, 0.5) is 14.9 Å². The van der Waals surface area contributed by atoms with Crippen LogP contribution >= 0.6 is 0 Å². The van der Waals surface area contributed by atoms with E-state index < -0.39 is 23.4 Å². The molecule has 3 rings (SSSR count). The molecule has 142 valence electrons. The highest BCUT2D eigenvalue weighted by Gasteiger charge is 2.48. The topological polar surface area (TPSA) is 79.5 Å². The molecule has 1 aliphatic rings. The van der Waals surface area contributed by atoms with Crippen LogP contribution in [0, 0.1) is 5.82 Å². The summed E-state index contributed by atoms with van der Waals surface area (Å²) in [5.74, 6) is -0.199. The predicted molar refractivity (Wildman–Crippen MR) is 100 cm³/mol. The molecular weight excluding hydrogens is 349 g/mol. The number of anilines is 1. The minimum absolute atomic E-state index is 0.255. The number of hydrogen-bond acceptors (Lipinski definition) is 3. The molecule has 7 heteroatoms. The van der Waals surface area contributed by atoms with Crippen LogP contribution in [0.2, 0.25) is 0 Å². The van der Waals surface area contributed by atoms with Gasteiger partial charge in [0.15, 0.2) is 0 Å². The number of hydrogen-bond donors (Lipinski definition) is 3. The normalized spacial score (nSPS) is 20.7. The summed E-state index contributed by atoms with van der Waals surface area (Å²) in [5.41, 5.74) is 0.804. The molecule has 0 radical (unpaired) electrons. The van der Waals surface area contributed by atoms with Gasteiger partial charge in [-0.1, -0.05) is 12.1 Å². The van der Waals surface area contributed by atoms with Gasteiger partial charge >= 0.3 is 6.03 Å². The molecule has 3 N–H and O–H groups in total. The molecule has 1 heterocycles. The first-order chi connectivity index (χ1) is 12.8. The lowest BCUT2D eigenvalue weighted by Crippen LogP contribution is -2.45. The fourth-order valence-corrected chi connectivity index (χ4v) is 3.45. The van der Waals surface area contributed by atoms with E-state index in [4.69, 9.17) is 4.74 Å². The molecule has 0 aliphatic carbocycles. The zero-order valence-corrected chi connectivity index (χ0v) is 15.4. The van der Waals surface area contributed by atoms with Gasteiger partial charge in [-0.25, -0.2) is 9.18 Å². The number of methoxy groups -OCH3 is 1. The van der Waals surface area contributed by atoms with Crippen molar-refractivity contribution in [3.8, 4) is 5.75 Å². The Labute approximate surface area is 157 Å². The minimum atomic E-state index is -0.742. The molecule has 3 amide bonds. The molecule has 6 nitrogen and oxygen atoms in total. The number of benzene rings is 2. The molecule has 2 aromatic rings. The quantitative estimate of drug-likeness (QED) is 0.773. The Kier molecular flexibility index (Phi) is 5.03. The molecule has 2 aromatic carbocycles. The maximum Gasteiger partial charge on any atom is 0.319 e. The van der Waals surface area contributed by atoms with Crippen molar-refractivity contribution in [2.75, 3.05) is 12.4 Å². The van der Waals surface area contributed by atoms with E-state index in [1.807, 2.05) is 38.1 Å². The second-order valence-corrected chi connectivity index (χ2v) is 7.04. The highest BCUT2D eigenvalue weighted by molar-refractivity contribution is 5.95. The Balaban J connectivity index is 1.79. The number of ether oxygens (including phenoxy) is 1. The first-order valence-electron chi connectivity index (χ1n) is 8.59. The Morgan fingerprint density at radius 3 is 2.33 bits per heavy atom. The van der Waals surface area contributed by atoms with Crippen molar-refractivity contribution in [1.29, 1.82) is 0 Å². The Morgan fingerprint density at radius 2 is 1.74 bits per heavy atom. The maximum atomic E-state index is 13.0. The summed E-state index contributed by atoms with van der Waals surface area (Å²) in [4.78, 5) is 24.9. The van der Waals surface area contributed by atoms with E-state index >= 15 is 0 Å². The molecule has 1 fully saturated rings. The van der Waals surface area contributed by atoms with Gasteiger partial charge in [-0.15, -0.1) is 0 Å². The molecule has 2 atom stereocenters. The zero-order chi connectivity index (χ0) is 19.6. The van der Waals surface area contributed by atoms with Crippen LogP contribution in [-0.4, -0.2) is 30.6 Å². The Bertz CT molecular complexity index is 835. The molecule has 1 aliphatic heterocycles. The van der Waals surface area contributed by atoms with E-state index in [9.17, 15) is 14.0 Å². The van der Waals surface area contributed by atoms with Gasteiger partial charge in [-0.2, -0.15) is 0 Å². The SMILES string of the molecule is COc1ccc([C@H]2C(NC(=O)Nc3ccc(F)cc3)C(=O)NC2(C)C)cc1. The van der Waals surface area contributed by atoms with E-state index in [0.29, 0.717) is 11.4 Å². The van der Waals surface area contributed by atoms with Crippen LogP contribution in [0.25, 0.3) is 0 Å². The van der Waals surface area contributed by atoms with E-state index in [1.54, 1.807) is 7.11 Å². The van der Waals surface area contributed by atoms with Gasteiger partial charge in [0.25, 0.3) is 0 Å². The van der Waals surface area contributed by atoms with Gasteiger partial charge in [0.2, 0.25) is 5.91 Å². The first-order valence-corrected chi connectivity index (χ1v) is 8.59. The fraction of sp³-hybridized carbons (Fsp3) is 0.300. The monoisotopic (exact) mass is 371 g/mol. The van der Waals surface area contributed by atoms with Crippen molar-refractivity contribution in [3.63, 3.8) is 0 Å². The number of amides is 3. The molecule has 0 saturated carbocycles. The third-order valence-corrected chi connectivity index (χ3v) is 4.70. The van der Waals surface area contributed by atoms with Gasteiger partial charge in [-0.3, -0.25) is 4.79 Å². The van der Waals surface area contributed by atoms with Crippen LogP contribution in [-0.2, 0) is 4.79 Å². The summed E-state index contributed by atoms with van der Waals surface area (Å²) < 4.78 is 18.2. The highest BCUT2D eigenvalue weighted by Crippen LogP contribution is 2.37. The average molecular weight is 371 g/mol. The lowest BCUT2D eigenvalue weighted by molar-refractivity contribution is -0.121. The summed E-state index contributed by atoms with van der Waals surface area (Å²) in [6.45, 7) is 3.83. The van der Waals surface area contributed by atoms with Crippen LogP contribution in [0.1, 0.15) is 25.3 Å². The molecule has 1 saturated heterocycles. The smallest absolute Gasteiger partial charge is 0.319 e. The lowest BCUT2D eigenvalue weighted by atomic mass is 9.80. The number of carbonyl (C=O) groups excluding carboxylic acids is 2. The molecular formula is C20H22FN3O3. The van der Waals surface area contributed by atoms with Crippen molar-refractivity contribution >= 4 is 17.6 Å². The lowest BCUT2D eigenvalue weighted by Gasteiger charge is -2.29. The fourth-order valence-electron chi connectivity index (χ4n) is 3.45. The molecule has 0 spiro atoms. The van der Waals surface area contributed by atoms with E-state index in [-0.39, 0.29) is 11.8 Å². The van der Waals surface area contributed by atoms with E-state index in [1.165, 1.54) is 24.3 Å². The van der Waals surface area contributed by atoms with Gasteiger partial charge < -0.3 is 20.7 Å². The van der Waals surface area contributed by atoms with Gasteiger partial charge in [0, 0.05) is 17.1 Å². The first kappa shape index (κ1) is 18.7. The number of nitrogens with one attached hydrogen (secondary N) is 3. The summed E-state index contributed by atoms with van der Waals surface area (Å²) in [6.07, 6.45) is 0. The number of urea groups is 1. The Morgan fingerprint density at radius 1 is 1.11 bits per heavy atom. The predicted octanol–water partition coefficient (Wildman–Crippen LogP) is 3.02. The van der Waals surface area contributed by atoms with Crippen molar-refractivity contribution in [2.24, 2.45) is 0 Å². The zero-order valence-electron chi connectivity index (χ0n) is 15.4. The summed E-state index contributed by atoms with van der Waals surface area (Å²) in [6, 6.07) is 11.6. The van der Waals surface area contributed by atoms with E-state index in [0.717, 1.165) is 5.56 Å². The van der Waals surface area contributed by atoms with Crippen molar-refractivity contribution in [3.05, 3.63) is 59.9 Å². The van der Waals surface area contributed by atoms with Gasteiger partial charge in [0.05, 0.1) is 7.11 Å². The number of carbonyl (C=O) groups is 2. The summed E-state index contributed by atoms with van der Waals surface area (Å²) >= 11 is 0. The third kappa shape index (κ3) is 4.02. The van der Waals surface area contributed by atoms with Crippen molar-refractivity contribution < 1.29 is 18.7 Å². The average Bonchev–Trinajstić information content (AvgIpc) is 2.85. The third-order valence-electron chi connectivity index (χ3n) is 4.70. The van der Waals surface area contributed by atoms with Crippen molar-refractivity contribution in [1.82, 2.24) is 10.6 Å². The second kappa shape index (κ2) is 7.26. The van der Waals surface area contributed by atoms with Gasteiger partial charge in [0.1, 0.15) is 17.6 Å². The maximum absolute atomic E-state index is 13.0. The standard InChI is InChI=1S/C20H22FN3O3/c1-20(2)16(12-4-10-15(27-3)11-5-12)17(18(25)24-20)23-19(26)22-14-8-6-13(21)7-9-14/h4-11,16-17H,1-3H3,(H,24,25)(H2,22,23,26)/t16-,17?/m0/s1. The van der Waals surface area contributed by atoms with Gasteiger partial charge in [-0.05, 0) is 55.8 Å². The molecule has 1 unspecified atom stereocenters. The van der Waals surface area contributed by atoms with Crippen LogP contribution in [0.15, 0.2) is 48.5 Å². The highest BCUT2D eigenvalue weighted by atomic mass is 19.1. The number of rotatable bonds is 4.